The lowest BCUT2D eigenvalue weighted by Crippen LogP contribution is -2.48. The summed E-state index contributed by atoms with van der Waals surface area (Å²) in [6.45, 7) is 6.69. The molecular weight excluding hydrogens is 308 g/mol. The first-order valence-corrected chi connectivity index (χ1v) is 7.29. The first-order chi connectivity index (χ1) is 9.13. The van der Waals surface area contributed by atoms with Gasteiger partial charge in [-0.2, -0.15) is 0 Å². The summed E-state index contributed by atoms with van der Waals surface area (Å²) in [6.07, 6.45) is 0. The first kappa shape index (κ1) is 14.3. The average Bonchev–Trinajstić information content (AvgIpc) is 2.46. The van der Waals surface area contributed by atoms with Crippen LogP contribution >= 0.6 is 15.9 Å². The third-order valence-electron chi connectivity index (χ3n) is 3.46. The van der Waals surface area contributed by atoms with Crippen molar-refractivity contribution in [2.75, 3.05) is 39.8 Å². The molecule has 1 aliphatic heterocycles. The number of nitrogens with zero attached hydrogens (tertiary/aromatic N) is 2. The van der Waals surface area contributed by atoms with E-state index in [0.29, 0.717) is 11.3 Å². The molecule has 1 aromatic rings. The zero-order valence-electron chi connectivity index (χ0n) is 11.4. The summed E-state index contributed by atoms with van der Waals surface area (Å²) < 4.78 is 6.06. The number of amides is 1. The predicted octanol–water partition coefficient (Wildman–Crippen LogP) is 2.24. The SMILES string of the molecule is CCN1CCN(C(=O)c2cc(Br)cc(OC)c2)CC1. The minimum atomic E-state index is 0.0790. The van der Waals surface area contributed by atoms with Crippen LogP contribution in [0.1, 0.15) is 17.3 Å². The Bertz CT molecular complexity index is 457. The molecule has 1 aromatic carbocycles. The van der Waals surface area contributed by atoms with Crippen LogP contribution in [-0.4, -0.2) is 55.5 Å². The molecule has 1 fully saturated rings. The maximum Gasteiger partial charge on any atom is 0.254 e. The molecule has 0 bridgehead atoms. The Balaban J connectivity index is 2.09. The molecule has 1 aliphatic rings. The molecule has 0 N–H and O–H groups in total. The van der Waals surface area contributed by atoms with Crippen molar-refractivity contribution in [3.63, 3.8) is 0 Å². The molecule has 0 aromatic heterocycles. The quantitative estimate of drug-likeness (QED) is 0.854. The highest BCUT2D eigenvalue weighted by molar-refractivity contribution is 9.10. The van der Waals surface area contributed by atoms with E-state index in [2.05, 4.69) is 27.8 Å². The van der Waals surface area contributed by atoms with Gasteiger partial charge in [-0.05, 0) is 24.7 Å². The van der Waals surface area contributed by atoms with Crippen molar-refractivity contribution in [2.24, 2.45) is 0 Å². The Morgan fingerprint density at radius 3 is 2.53 bits per heavy atom. The Labute approximate surface area is 122 Å². The number of benzene rings is 1. The molecule has 19 heavy (non-hydrogen) atoms. The van der Waals surface area contributed by atoms with Gasteiger partial charge in [0.15, 0.2) is 0 Å². The van der Waals surface area contributed by atoms with Gasteiger partial charge in [0.1, 0.15) is 5.75 Å². The Morgan fingerprint density at radius 2 is 1.95 bits per heavy atom. The van der Waals surface area contributed by atoms with Gasteiger partial charge >= 0.3 is 0 Å². The van der Waals surface area contributed by atoms with Crippen molar-refractivity contribution in [1.82, 2.24) is 9.80 Å². The van der Waals surface area contributed by atoms with E-state index in [9.17, 15) is 4.79 Å². The van der Waals surface area contributed by atoms with E-state index in [1.165, 1.54) is 0 Å². The van der Waals surface area contributed by atoms with E-state index in [-0.39, 0.29) is 5.91 Å². The second-order valence-electron chi connectivity index (χ2n) is 4.61. The number of rotatable bonds is 3. The lowest BCUT2D eigenvalue weighted by atomic mass is 10.1. The lowest BCUT2D eigenvalue weighted by Gasteiger charge is -2.34. The Morgan fingerprint density at radius 1 is 1.26 bits per heavy atom. The van der Waals surface area contributed by atoms with Crippen molar-refractivity contribution in [1.29, 1.82) is 0 Å². The molecule has 0 unspecified atom stereocenters. The fraction of sp³-hybridized carbons (Fsp3) is 0.500. The van der Waals surface area contributed by atoms with Gasteiger partial charge in [-0.1, -0.05) is 22.9 Å². The molecule has 2 rings (SSSR count). The molecule has 5 heteroatoms. The fourth-order valence-corrected chi connectivity index (χ4v) is 2.73. The number of piperazine rings is 1. The van der Waals surface area contributed by atoms with Crippen LogP contribution in [0.15, 0.2) is 22.7 Å². The molecule has 0 radical (unpaired) electrons. The fourth-order valence-electron chi connectivity index (χ4n) is 2.25. The second-order valence-corrected chi connectivity index (χ2v) is 5.52. The van der Waals surface area contributed by atoms with Crippen molar-refractivity contribution in [2.45, 2.75) is 6.92 Å². The number of ether oxygens (including phenoxy) is 1. The second kappa shape index (κ2) is 6.39. The monoisotopic (exact) mass is 326 g/mol. The van der Waals surface area contributed by atoms with Crippen LogP contribution in [0.2, 0.25) is 0 Å². The Kier molecular flexibility index (Phi) is 4.82. The number of methoxy groups -OCH3 is 1. The number of carbonyl (C=O) groups excluding carboxylic acids is 1. The molecule has 104 valence electrons. The third kappa shape index (κ3) is 3.48. The van der Waals surface area contributed by atoms with Gasteiger partial charge in [0.2, 0.25) is 0 Å². The summed E-state index contributed by atoms with van der Waals surface area (Å²) in [5.74, 6) is 0.778. The largest absolute Gasteiger partial charge is 0.497 e. The summed E-state index contributed by atoms with van der Waals surface area (Å²) in [5, 5.41) is 0. The average molecular weight is 327 g/mol. The first-order valence-electron chi connectivity index (χ1n) is 6.50. The number of likely N-dealkylation sites (N-methyl/N-ethyl adjacent to an activating group) is 1. The maximum atomic E-state index is 12.4. The van der Waals surface area contributed by atoms with Crippen molar-refractivity contribution in [3.8, 4) is 5.75 Å². The van der Waals surface area contributed by atoms with Gasteiger partial charge in [-0.15, -0.1) is 0 Å². The number of hydrogen-bond donors (Lipinski definition) is 0. The summed E-state index contributed by atoms with van der Waals surface area (Å²) in [5.41, 5.74) is 0.677. The highest BCUT2D eigenvalue weighted by Crippen LogP contribution is 2.22. The molecule has 4 nitrogen and oxygen atoms in total. The number of carbonyl (C=O) groups is 1. The molecule has 0 saturated carbocycles. The van der Waals surface area contributed by atoms with Crippen LogP contribution in [0, 0.1) is 0 Å². The van der Waals surface area contributed by atoms with Gasteiger partial charge in [0, 0.05) is 36.2 Å². The highest BCUT2D eigenvalue weighted by Gasteiger charge is 2.21. The molecule has 0 aliphatic carbocycles. The Hall–Kier alpha value is -1.07. The topological polar surface area (TPSA) is 32.8 Å². The molecular formula is C14H19BrN2O2. The smallest absolute Gasteiger partial charge is 0.254 e. The van der Waals surface area contributed by atoms with Gasteiger partial charge in [0.05, 0.1) is 7.11 Å². The van der Waals surface area contributed by atoms with Crippen LogP contribution in [0.4, 0.5) is 0 Å². The number of halogens is 1. The van der Waals surface area contributed by atoms with Crippen LogP contribution in [0.3, 0.4) is 0 Å². The normalized spacial score (nSPS) is 16.5. The zero-order chi connectivity index (χ0) is 13.8. The summed E-state index contributed by atoms with van der Waals surface area (Å²) in [6, 6.07) is 5.49. The van der Waals surface area contributed by atoms with Crippen LogP contribution in [-0.2, 0) is 0 Å². The molecule has 1 amide bonds. The molecule has 0 atom stereocenters. The standard InChI is InChI=1S/C14H19BrN2O2/c1-3-16-4-6-17(7-5-16)14(18)11-8-12(15)10-13(9-11)19-2/h8-10H,3-7H2,1-2H3. The van der Waals surface area contributed by atoms with Gasteiger partial charge in [-0.3, -0.25) is 4.79 Å². The van der Waals surface area contributed by atoms with Gasteiger partial charge in [-0.25, -0.2) is 0 Å². The van der Waals surface area contributed by atoms with Crippen molar-refractivity contribution < 1.29 is 9.53 Å². The van der Waals surface area contributed by atoms with Gasteiger partial charge < -0.3 is 14.5 Å². The van der Waals surface area contributed by atoms with E-state index < -0.39 is 0 Å². The minimum absolute atomic E-state index is 0.0790. The zero-order valence-corrected chi connectivity index (χ0v) is 12.9. The van der Waals surface area contributed by atoms with Crippen molar-refractivity contribution in [3.05, 3.63) is 28.2 Å². The summed E-state index contributed by atoms with van der Waals surface area (Å²) in [4.78, 5) is 16.7. The minimum Gasteiger partial charge on any atom is -0.497 e. The van der Waals surface area contributed by atoms with E-state index in [1.807, 2.05) is 17.0 Å². The lowest BCUT2D eigenvalue weighted by molar-refractivity contribution is 0.0643. The summed E-state index contributed by atoms with van der Waals surface area (Å²) >= 11 is 3.41. The molecule has 1 heterocycles. The van der Waals surface area contributed by atoms with E-state index in [1.54, 1.807) is 13.2 Å². The van der Waals surface area contributed by atoms with Gasteiger partial charge in [0.25, 0.3) is 5.91 Å². The predicted molar refractivity (Wildman–Crippen MR) is 78.7 cm³/mol. The van der Waals surface area contributed by atoms with E-state index in [4.69, 9.17) is 4.74 Å². The maximum absolute atomic E-state index is 12.4. The van der Waals surface area contributed by atoms with Crippen LogP contribution in [0.25, 0.3) is 0 Å². The van der Waals surface area contributed by atoms with E-state index >= 15 is 0 Å². The number of hydrogen-bond acceptors (Lipinski definition) is 3. The summed E-state index contributed by atoms with van der Waals surface area (Å²) in [7, 11) is 1.61. The van der Waals surface area contributed by atoms with Crippen LogP contribution in [0.5, 0.6) is 5.75 Å². The molecule has 0 spiro atoms. The molecule has 1 saturated heterocycles. The third-order valence-corrected chi connectivity index (χ3v) is 3.92. The van der Waals surface area contributed by atoms with E-state index in [0.717, 1.165) is 37.2 Å². The van der Waals surface area contributed by atoms with Crippen molar-refractivity contribution >= 4 is 21.8 Å². The highest BCUT2D eigenvalue weighted by atomic mass is 79.9. The van der Waals surface area contributed by atoms with Crippen LogP contribution < -0.4 is 4.74 Å².